The molecule has 1 aliphatic rings. The molecule has 27 heavy (non-hydrogen) atoms. The lowest BCUT2D eigenvalue weighted by Crippen LogP contribution is -2.46. The Morgan fingerprint density at radius 3 is 2.78 bits per heavy atom. The first-order valence-corrected chi connectivity index (χ1v) is 9.24. The largest absolute Gasteiger partial charge is 0.444 e. The van der Waals surface area contributed by atoms with Gasteiger partial charge in [0, 0.05) is 24.3 Å². The van der Waals surface area contributed by atoms with Crippen LogP contribution in [-0.4, -0.2) is 47.3 Å². The summed E-state index contributed by atoms with van der Waals surface area (Å²) in [6, 6.07) is 1.72. The van der Waals surface area contributed by atoms with Crippen LogP contribution >= 0.6 is 0 Å². The average molecular weight is 379 g/mol. The lowest BCUT2D eigenvalue weighted by molar-refractivity contribution is -0.383. The van der Waals surface area contributed by atoms with Gasteiger partial charge in [0.1, 0.15) is 11.8 Å². The van der Waals surface area contributed by atoms with E-state index in [1.54, 1.807) is 6.07 Å². The van der Waals surface area contributed by atoms with Crippen LogP contribution in [0.15, 0.2) is 6.07 Å². The van der Waals surface area contributed by atoms with Gasteiger partial charge in [0.2, 0.25) is 5.82 Å². The van der Waals surface area contributed by atoms with Crippen LogP contribution in [-0.2, 0) is 4.74 Å². The highest BCUT2D eigenvalue weighted by Gasteiger charge is 2.31. The van der Waals surface area contributed by atoms with Gasteiger partial charge in [0.05, 0.1) is 11.5 Å². The number of aryl methyl sites for hydroxylation is 1. The molecule has 0 aromatic carbocycles. The summed E-state index contributed by atoms with van der Waals surface area (Å²) < 4.78 is 5.53. The van der Waals surface area contributed by atoms with E-state index in [1.165, 1.54) is 0 Å². The molecular formula is C18H29N5O4. The fourth-order valence-corrected chi connectivity index (χ4v) is 3.10. The highest BCUT2D eigenvalue weighted by atomic mass is 16.6. The first-order chi connectivity index (χ1) is 12.6. The minimum absolute atomic E-state index is 0.0396. The second-order valence-electron chi connectivity index (χ2n) is 7.76. The fraction of sp³-hybridized carbons (Fsp3) is 0.667. The van der Waals surface area contributed by atoms with E-state index in [1.807, 2.05) is 39.5 Å². The maximum atomic E-state index is 12.1. The number of ether oxygens (including phenoxy) is 1. The standard InChI is InChI=1S/C18H29N5O4/c1-6-19-16-15(23(25)26)14(10-12(2)20-16)22-9-7-8-13(11-22)27-17(24)21-18(3,4)5/h10,13H,6-9,11H2,1-5H3,(H,19,20)(H,21,24). The number of hydrogen-bond acceptors (Lipinski definition) is 7. The number of hydrogen-bond donors (Lipinski definition) is 2. The van der Waals surface area contributed by atoms with E-state index in [9.17, 15) is 14.9 Å². The van der Waals surface area contributed by atoms with Crippen LogP contribution in [0.2, 0.25) is 0 Å². The molecule has 0 bridgehead atoms. The predicted octanol–water partition coefficient (Wildman–Crippen LogP) is 3.22. The molecular weight excluding hydrogens is 350 g/mol. The maximum Gasteiger partial charge on any atom is 0.407 e. The van der Waals surface area contributed by atoms with E-state index in [4.69, 9.17) is 4.74 Å². The summed E-state index contributed by atoms with van der Waals surface area (Å²) in [5.74, 6) is 0.269. The van der Waals surface area contributed by atoms with Gasteiger partial charge in [-0.2, -0.15) is 0 Å². The van der Waals surface area contributed by atoms with Gasteiger partial charge in [0.15, 0.2) is 0 Å². The normalized spacial score (nSPS) is 17.4. The Labute approximate surface area is 159 Å². The third kappa shape index (κ3) is 5.70. The lowest BCUT2D eigenvalue weighted by atomic mass is 10.1. The Morgan fingerprint density at radius 2 is 2.19 bits per heavy atom. The smallest absolute Gasteiger partial charge is 0.407 e. The molecule has 1 aliphatic heterocycles. The van der Waals surface area contributed by atoms with E-state index in [2.05, 4.69) is 15.6 Å². The van der Waals surface area contributed by atoms with E-state index in [-0.39, 0.29) is 23.1 Å². The highest BCUT2D eigenvalue weighted by molar-refractivity contribution is 5.75. The monoisotopic (exact) mass is 379 g/mol. The number of aromatic nitrogens is 1. The summed E-state index contributed by atoms with van der Waals surface area (Å²) in [5.41, 5.74) is 0.781. The number of amides is 1. The van der Waals surface area contributed by atoms with Gasteiger partial charge in [0.25, 0.3) is 0 Å². The molecule has 1 aromatic rings. The van der Waals surface area contributed by atoms with Gasteiger partial charge in [-0.15, -0.1) is 0 Å². The Hall–Kier alpha value is -2.58. The quantitative estimate of drug-likeness (QED) is 0.597. The van der Waals surface area contributed by atoms with E-state index >= 15 is 0 Å². The van der Waals surface area contributed by atoms with Crippen LogP contribution in [0.1, 0.15) is 46.2 Å². The number of pyridine rings is 1. The zero-order valence-corrected chi connectivity index (χ0v) is 16.7. The molecule has 9 heteroatoms. The number of alkyl carbamates (subject to hydrolysis) is 1. The second kappa shape index (κ2) is 8.41. The van der Waals surface area contributed by atoms with Crippen LogP contribution in [0.4, 0.5) is 22.0 Å². The SMILES string of the molecule is CCNc1nc(C)cc(N2CCCC(OC(=O)NC(C)(C)C)C2)c1[N+](=O)[O-]. The van der Waals surface area contributed by atoms with Crippen LogP contribution in [0.5, 0.6) is 0 Å². The van der Waals surface area contributed by atoms with Crippen molar-refractivity contribution in [3.63, 3.8) is 0 Å². The van der Waals surface area contributed by atoms with Gasteiger partial charge >= 0.3 is 11.8 Å². The molecule has 2 rings (SSSR count). The third-order valence-corrected chi connectivity index (χ3v) is 4.10. The van der Waals surface area contributed by atoms with Crippen molar-refractivity contribution in [3.05, 3.63) is 21.9 Å². The number of piperidine rings is 1. The Balaban J connectivity index is 2.22. The molecule has 1 aromatic heterocycles. The molecule has 0 aliphatic carbocycles. The molecule has 1 saturated heterocycles. The lowest BCUT2D eigenvalue weighted by Gasteiger charge is -2.34. The number of anilines is 2. The number of carbonyl (C=O) groups is 1. The Morgan fingerprint density at radius 1 is 1.48 bits per heavy atom. The van der Waals surface area contributed by atoms with Gasteiger partial charge in [-0.1, -0.05) is 0 Å². The number of rotatable bonds is 5. The van der Waals surface area contributed by atoms with Crippen molar-refractivity contribution in [1.29, 1.82) is 0 Å². The van der Waals surface area contributed by atoms with Crippen molar-refractivity contribution in [1.82, 2.24) is 10.3 Å². The van der Waals surface area contributed by atoms with Crippen molar-refractivity contribution in [2.45, 2.75) is 59.1 Å². The molecule has 2 N–H and O–H groups in total. The van der Waals surface area contributed by atoms with Gasteiger partial charge in [-0.05, 0) is 53.5 Å². The molecule has 1 atom stereocenters. The van der Waals surface area contributed by atoms with E-state index in [0.29, 0.717) is 31.0 Å². The highest BCUT2D eigenvalue weighted by Crippen LogP contribution is 2.36. The summed E-state index contributed by atoms with van der Waals surface area (Å²) in [6.45, 7) is 10.9. The first kappa shape index (κ1) is 20.7. The second-order valence-corrected chi connectivity index (χ2v) is 7.76. The topological polar surface area (TPSA) is 110 Å². The van der Waals surface area contributed by atoms with E-state index < -0.39 is 11.0 Å². The number of nitro groups is 1. The minimum atomic E-state index is -0.469. The van der Waals surface area contributed by atoms with Gasteiger partial charge in [-0.25, -0.2) is 9.78 Å². The molecule has 1 amide bonds. The van der Waals surface area contributed by atoms with Crippen LogP contribution in [0.3, 0.4) is 0 Å². The summed E-state index contributed by atoms with van der Waals surface area (Å²) in [5, 5.41) is 17.4. The zero-order valence-electron chi connectivity index (χ0n) is 16.7. The van der Waals surface area contributed by atoms with Crippen molar-refractivity contribution >= 4 is 23.3 Å². The third-order valence-electron chi connectivity index (χ3n) is 4.10. The molecule has 0 saturated carbocycles. The van der Waals surface area contributed by atoms with E-state index in [0.717, 1.165) is 12.8 Å². The van der Waals surface area contributed by atoms with Crippen LogP contribution < -0.4 is 15.5 Å². The number of nitrogens with one attached hydrogen (secondary N) is 2. The maximum absolute atomic E-state index is 12.1. The van der Waals surface area contributed by atoms with Crippen LogP contribution in [0.25, 0.3) is 0 Å². The number of nitrogens with zero attached hydrogens (tertiary/aromatic N) is 3. The van der Waals surface area contributed by atoms with Crippen molar-refractivity contribution < 1.29 is 14.5 Å². The first-order valence-electron chi connectivity index (χ1n) is 9.24. The van der Waals surface area contributed by atoms with Crippen LogP contribution in [0, 0.1) is 17.0 Å². The average Bonchev–Trinajstić information content (AvgIpc) is 2.52. The number of carbonyl (C=O) groups excluding carboxylic acids is 1. The molecule has 9 nitrogen and oxygen atoms in total. The molecule has 2 heterocycles. The molecule has 1 unspecified atom stereocenters. The van der Waals surface area contributed by atoms with Crippen molar-refractivity contribution in [3.8, 4) is 0 Å². The summed E-state index contributed by atoms with van der Waals surface area (Å²) >= 11 is 0. The molecule has 1 fully saturated rings. The minimum Gasteiger partial charge on any atom is -0.444 e. The fourth-order valence-electron chi connectivity index (χ4n) is 3.10. The summed E-state index contributed by atoms with van der Waals surface area (Å²) in [4.78, 5) is 29.5. The van der Waals surface area contributed by atoms with Gasteiger partial charge in [-0.3, -0.25) is 10.1 Å². The summed E-state index contributed by atoms with van der Waals surface area (Å²) in [6.07, 6.45) is 0.717. The molecule has 0 spiro atoms. The molecule has 150 valence electrons. The summed E-state index contributed by atoms with van der Waals surface area (Å²) in [7, 11) is 0. The molecule has 0 radical (unpaired) electrons. The van der Waals surface area contributed by atoms with Crippen molar-refractivity contribution in [2.24, 2.45) is 0 Å². The Bertz CT molecular complexity index is 702. The zero-order chi connectivity index (χ0) is 20.2. The Kier molecular flexibility index (Phi) is 6.45. The van der Waals surface area contributed by atoms with Crippen molar-refractivity contribution in [2.75, 3.05) is 29.9 Å². The van der Waals surface area contributed by atoms with Gasteiger partial charge < -0.3 is 20.3 Å². The predicted molar refractivity (Wildman–Crippen MR) is 104 cm³/mol.